The second kappa shape index (κ2) is 4.81. The number of Topliss-reactive ketones (excluding diaryl/α,β-unsaturated/α-hetero) is 1. The first-order valence-corrected chi connectivity index (χ1v) is 6.97. The van der Waals surface area contributed by atoms with E-state index in [1.807, 2.05) is 29.7 Å². The van der Waals surface area contributed by atoms with Gasteiger partial charge in [-0.1, -0.05) is 15.9 Å². The lowest BCUT2D eigenvalue weighted by molar-refractivity contribution is 0.0840. The van der Waals surface area contributed by atoms with E-state index in [2.05, 4.69) is 20.9 Å². The lowest BCUT2D eigenvalue weighted by Gasteiger charge is -2.25. The van der Waals surface area contributed by atoms with E-state index >= 15 is 0 Å². The number of hydrogen-bond donors (Lipinski definition) is 0. The van der Waals surface area contributed by atoms with Gasteiger partial charge in [-0.2, -0.15) is 0 Å². The lowest BCUT2D eigenvalue weighted by Crippen LogP contribution is -2.22. The summed E-state index contributed by atoms with van der Waals surface area (Å²) in [5, 5.41) is 0. The molecule has 5 heteroatoms. The van der Waals surface area contributed by atoms with E-state index in [-0.39, 0.29) is 11.9 Å². The van der Waals surface area contributed by atoms with Crippen LogP contribution in [0.15, 0.2) is 35.2 Å². The third kappa shape index (κ3) is 2.18. The molecule has 0 amide bonds. The van der Waals surface area contributed by atoms with E-state index in [1.165, 1.54) is 0 Å². The Labute approximate surface area is 119 Å². The van der Waals surface area contributed by atoms with Gasteiger partial charge in [-0.15, -0.1) is 0 Å². The Bertz CT molecular complexity index is 636. The van der Waals surface area contributed by atoms with Gasteiger partial charge in [-0.3, -0.25) is 4.79 Å². The first-order valence-electron chi connectivity index (χ1n) is 6.18. The van der Waals surface area contributed by atoms with Crippen LogP contribution in [0.2, 0.25) is 0 Å². The zero-order valence-corrected chi connectivity index (χ0v) is 12.1. The number of imidazole rings is 1. The minimum Gasteiger partial charge on any atom is -0.483 e. The number of aryl methyl sites for hydroxylation is 1. The van der Waals surface area contributed by atoms with Gasteiger partial charge in [0.15, 0.2) is 5.78 Å². The van der Waals surface area contributed by atoms with E-state index in [4.69, 9.17) is 4.74 Å². The largest absolute Gasteiger partial charge is 0.483 e. The molecule has 0 saturated heterocycles. The summed E-state index contributed by atoms with van der Waals surface area (Å²) in [7, 11) is 0. The molecule has 0 fully saturated rings. The molecule has 0 aliphatic carbocycles. The van der Waals surface area contributed by atoms with E-state index in [0.29, 0.717) is 17.7 Å². The second-order valence-corrected chi connectivity index (χ2v) is 5.39. The highest BCUT2D eigenvalue weighted by Gasteiger charge is 2.29. The predicted molar refractivity (Wildman–Crippen MR) is 74.4 cm³/mol. The Balaban J connectivity index is 1.97. The minimum absolute atomic E-state index is 0.108. The first-order chi connectivity index (χ1) is 9.19. The number of halogens is 1. The molecule has 0 N–H and O–H groups in total. The molecule has 98 valence electrons. The van der Waals surface area contributed by atoms with Gasteiger partial charge >= 0.3 is 0 Å². The Kier molecular flexibility index (Phi) is 3.14. The number of aromatic nitrogens is 2. The van der Waals surface area contributed by atoms with Gasteiger partial charge < -0.3 is 9.30 Å². The summed E-state index contributed by atoms with van der Waals surface area (Å²) in [4.78, 5) is 16.3. The summed E-state index contributed by atoms with van der Waals surface area (Å²) < 4.78 is 8.83. The quantitative estimate of drug-likeness (QED) is 0.852. The summed E-state index contributed by atoms with van der Waals surface area (Å²) in [6.07, 6.45) is 3.64. The number of nitrogens with zero attached hydrogens (tertiary/aromatic N) is 2. The number of ketones is 1. The van der Waals surface area contributed by atoms with E-state index in [1.54, 1.807) is 12.5 Å². The molecule has 19 heavy (non-hydrogen) atoms. The Morgan fingerprint density at radius 2 is 2.37 bits per heavy atom. The fourth-order valence-electron chi connectivity index (χ4n) is 2.32. The van der Waals surface area contributed by atoms with Crippen molar-refractivity contribution in [3.8, 4) is 5.75 Å². The molecule has 2 aromatic rings. The highest BCUT2D eigenvalue weighted by Crippen LogP contribution is 2.36. The van der Waals surface area contributed by atoms with E-state index < -0.39 is 0 Å². The van der Waals surface area contributed by atoms with E-state index in [9.17, 15) is 4.79 Å². The number of carbonyl (C=O) groups excluding carboxylic acids is 1. The number of fused-ring (bicyclic) bond motifs is 1. The van der Waals surface area contributed by atoms with Crippen LogP contribution in [0.25, 0.3) is 0 Å². The van der Waals surface area contributed by atoms with Crippen LogP contribution in [0.3, 0.4) is 0 Å². The number of hydrogen-bond acceptors (Lipinski definition) is 3. The Hall–Kier alpha value is -1.62. The Morgan fingerprint density at radius 1 is 1.53 bits per heavy atom. The van der Waals surface area contributed by atoms with Gasteiger partial charge in [0.05, 0.1) is 30.2 Å². The minimum atomic E-state index is -0.247. The van der Waals surface area contributed by atoms with Crippen molar-refractivity contribution in [1.82, 2.24) is 9.55 Å². The summed E-state index contributed by atoms with van der Waals surface area (Å²) in [5.41, 5.74) is 1.60. The highest BCUT2D eigenvalue weighted by molar-refractivity contribution is 9.10. The molecule has 0 spiro atoms. The highest BCUT2D eigenvalue weighted by atomic mass is 79.9. The van der Waals surface area contributed by atoms with Crippen molar-refractivity contribution in [3.63, 3.8) is 0 Å². The molecule has 1 aliphatic rings. The monoisotopic (exact) mass is 320 g/mol. The molecule has 0 radical (unpaired) electrons. The average molecular weight is 321 g/mol. The number of rotatable bonds is 2. The summed E-state index contributed by atoms with van der Waals surface area (Å²) in [5.74, 6) is 0.754. The molecular weight excluding hydrogens is 308 g/mol. The SMILES string of the molecule is CCn1cncc1C1CC(=O)c2cc(Br)ccc2O1. The van der Waals surface area contributed by atoms with Crippen molar-refractivity contribution in [2.45, 2.75) is 26.0 Å². The van der Waals surface area contributed by atoms with Gasteiger partial charge in [0.1, 0.15) is 11.9 Å². The van der Waals surface area contributed by atoms with Crippen molar-refractivity contribution < 1.29 is 9.53 Å². The van der Waals surface area contributed by atoms with Crippen LogP contribution in [0.1, 0.15) is 35.5 Å². The van der Waals surface area contributed by atoms with Gasteiger partial charge in [0.25, 0.3) is 0 Å². The van der Waals surface area contributed by atoms with Crippen LogP contribution in [0.4, 0.5) is 0 Å². The van der Waals surface area contributed by atoms with Crippen LogP contribution >= 0.6 is 15.9 Å². The van der Waals surface area contributed by atoms with Crippen LogP contribution in [0, 0.1) is 0 Å². The van der Waals surface area contributed by atoms with Crippen molar-refractivity contribution in [1.29, 1.82) is 0 Å². The van der Waals surface area contributed by atoms with Crippen molar-refractivity contribution >= 4 is 21.7 Å². The molecule has 3 rings (SSSR count). The van der Waals surface area contributed by atoms with Gasteiger partial charge in [-0.05, 0) is 25.1 Å². The molecule has 0 bridgehead atoms. The third-order valence-corrected chi connectivity index (χ3v) is 3.79. The Morgan fingerprint density at radius 3 is 3.16 bits per heavy atom. The normalized spacial score (nSPS) is 18.0. The number of carbonyl (C=O) groups is 1. The summed E-state index contributed by atoms with van der Waals surface area (Å²) in [6, 6.07) is 5.52. The summed E-state index contributed by atoms with van der Waals surface area (Å²) >= 11 is 3.37. The van der Waals surface area contributed by atoms with Crippen LogP contribution in [-0.4, -0.2) is 15.3 Å². The maximum absolute atomic E-state index is 12.2. The topological polar surface area (TPSA) is 44.1 Å². The number of benzene rings is 1. The fraction of sp³-hybridized carbons (Fsp3) is 0.286. The molecule has 0 saturated carbocycles. The molecule has 1 aliphatic heterocycles. The van der Waals surface area contributed by atoms with Gasteiger partial charge in [0, 0.05) is 11.0 Å². The fourth-order valence-corrected chi connectivity index (χ4v) is 2.69. The lowest BCUT2D eigenvalue weighted by atomic mass is 9.99. The smallest absolute Gasteiger partial charge is 0.170 e. The zero-order chi connectivity index (χ0) is 13.4. The zero-order valence-electron chi connectivity index (χ0n) is 10.5. The first kappa shape index (κ1) is 12.4. The molecule has 1 unspecified atom stereocenters. The average Bonchev–Trinajstić information content (AvgIpc) is 2.87. The van der Waals surface area contributed by atoms with Crippen molar-refractivity contribution in [2.75, 3.05) is 0 Å². The van der Waals surface area contributed by atoms with Crippen molar-refractivity contribution in [2.24, 2.45) is 0 Å². The van der Waals surface area contributed by atoms with Crippen LogP contribution in [0.5, 0.6) is 5.75 Å². The maximum atomic E-state index is 12.2. The van der Waals surface area contributed by atoms with Gasteiger partial charge in [-0.25, -0.2) is 4.98 Å². The van der Waals surface area contributed by atoms with Crippen molar-refractivity contribution in [3.05, 3.63) is 46.5 Å². The standard InChI is InChI=1S/C14H13BrN2O2/c1-2-17-8-16-7-11(17)14-6-12(18)10-5-9(15)3-4-13(10)19-14/h3-5,7-8,14H,2,6H2,1H3. The second-order valence-electron chi connectivity index (χ2n) is 4.48. The molecule has 1 aromatic carbocycles. The predicted octanol–water partition coefficient (Wildman–Crippen LogP) is 3.37. The molecule has 4 nitrogen and oxygen atoms in total. The summed E-state index contributed by atoms with van der Waals surface area (Å²) in [6.45, 7) is 2.86. The molecule has 1 aromatic heterocycles. The van der Waals surface area contributed by atoms with Gasteiger partial charge in [0.2, 0.25) is 0 Å². The third-order valence-electron chi connectivity index (χ3n) is 3.30. The van der Waals surface area contributed by atoms with Crippen LogP contribution in [-0.2, 0) is 6.54 Å². The molecular formula is C14H13BrN2O2. The molecule has 1 atom stereocenters. The van der Waals surface area contributed by atoms with Crippen LogP contribution < -0.4 is 4.74 Å². The number of ether oxygens (including phenoxy) is 1. The maximum Gasteiger partial charge on any atom is 0.170 e. The molecule has 2 heterocycles. The van der Waals surface area contributed by atoms with E-state index in [0.717, 1.165) is 16.7 Å².